The van der Waals surface area contributed by atoms with E-state index in [1.807, 2.05) is 42.6 Å². The third kappa shape index (κ3) is 3.49. The van der Waals surface area contributed by atoms with Gasteiger partial charge >= 0.3 is 0 Å². The number of H-pyrrole nitrogens is 1. The third-order valence-electron chi connectivity index (χ3n) is 6.27. The van der Waals surface area contributed by atoms with E-state index in [0.29, 0.717) is 35.3 Å². The number of anilines is 1. The number of benzene rings is 3. The highest BCUT2D eigenvalue weighted by Crippen LogP contribution is 2.43. The van der Waals surface area contributed by atoms with E-state index < -0.39 is 11.5 Å². The summed E-state index contributed by atoms with van der Waals surface area (Å²) in [5.74, 6) is -0.853. The minimum absolute atomic E-state index is 0.352. The lowest BCUT2D eigenvalue weighted by Crippen LogP contribution is -2.42. The molecule has 4 aromatic rings. The summed E-state index contributed by atoms with van der Waals surface area (Å²) in [6.07, 6.45) is 2.18. The molecule has 1 amide bonds. The highest BCUT2D eigenvalue weighted by atomic mass is 16.3. The number of hydrogen-bond acceptors (Lipinski definition) is 4. The van der Waals surface area contributed by atoms with Gasteiger partial charge in [-0.2, -0.15) is 5.26 Å². The Balaban J connectivity index is 1.41. The van der Waals surface area contributed by atoms with Gasteiger partial charge in [-0.25, -0.2) is 0 Å². The average Bonchev–Trinajstić information content (AvgIpc) is 3.35. The van der Waals surface area contributed by atoms with Gasteiger partial charge in [-0.1, -0.05) is 48.5 Å². The van der Waals surface area contributed by atoms with Crippen LogP contribution in [0.2, 0.25) is 0 Å². The topological polar surface area (TPSA) is 97.2 Å². The number of ketones is 1. The minimum Gasteiger partial charge on any atom is -0.375 e. The molecule has 2 heterocycles. The minimum atomic E-state index is -1.93. The number of rotatable bonds is 6. The Morgan fingerprint density at radius 2 is 1.76 bits per heavy atom. The zero-order valence-electron chi connectivity index (χ0n) is 17.8. The molecule has 0 aliphatic carbocycles. The van der Waals surface area contributed by atoms with Crippen LogP contribution >= 0.6 is 0 Å². The number of nitriles is 1. The second-order valence-electron chi connectivity index (χ2n) is 8.23. The van der Waals surface area contributed by atoms with Gasteiger partial charge in [-0.3, -0.25) is 9.59 Å². The average molecular weight is 435 g/mol. The molecule has 0 spiro atoms. The van der Waals surface area contributed by atoms with Crippen LogP contribution in [0.15, 0.2) is 79.0 Å². The number of Topliss-reactive ketones (excluding diaryl/α,β-unsaturated/α-hetero) is 1. The summed E-state index contributed by atoms with van der Waals surface area (Å²) in [5, 5.41) is 21.5. The molecule has 162 valence electrons. The summed E-state index contributed by atoms with van der Waals surface area (Å²) >= 11 is 0. The molecule has 3 aromatic carbocycles. The molecule has 0 unspecified atom stereocenters. The normalized spacial score (nSPS) is 17.2. The Kier molecular flexibility index (Phi) is 5.04. The summed E-state index contributed by atoms with van der Waals surface area (Å²) in [4.78, 5) is 31.2. The number of carbonyl (C=O) groups is 2. The molecule has 1 aliphatic rings. The summed E-state index contributed by atoms with van der Waals surface area (Å²) < 4.78 is 0. The fraction of sp³-hybridized carbons (Fsp3) is 0.148. The summed E-state index contributed by atoms with van der Waals surface area (Å²) in [6, 6.07) is 23.3. The predicted octanol–water partition coefficient (Wildman–Crippen LogP) is 4.09. The monoisotopic (exact) mass is 435 g/mol. The smallest absolute Gasteiger partial charge is 0.264 e. The molecule has 1 aromatic heterocycles. The molecule has 1 atom stereocenters. The van der Waals surface area contributed by atoms with Crippen LogP contribution in [0.1, 0.15) is 33.5 Å². The van der Waals surface area contributed by atoms with Crippen molar-refractivity contribution >= 4 is 28.3 Å². The van der Waals surface area contributed by atoms with E-state index in [1.54, 1.807) is 47.4 Å². The van der Waals surface area contributed by atoms with Crippen LogP contribution in [0, 0.1) is 11.3 Å². The van der Waals surface area contributed by atoms with E-state index in [-0.39, 0.29) is 12.2 Å². The Hall–Kier alpha value is -4.21. The molecule has 0 bridgehead atoms. The maximum absolute atomic E-state index is 13.4. The van der Waals surface area contributed by atoms with Crippen LogP contribution in [-0.4, -0.2) is 28.3 Å². The van der Waals surface area contributed by atoms with Crippen molar-refractivity contribution in [3.05, 3.63) is 101 Å². The number of nitrogens with one attached hydrogen (secondary N) is 1. The van der Waals surface area contributed by atoms with Gasteiger partial charge in [-0.15, -0.1) is 0 Å². The predicted molar refractivity (Wildman–Crippen MR) is 125 cm³/mol. The van der Waals surface area contributed by atoms with Crippen LogP contribution in [0.5, 0.6) is 0 Å². The number of carbonyl (C=O) groups excluding carboxylic acids is 2. The van der Waals surface area contributed by atoms with Crippen LogP contribution in [0.4, 0.5) is 5.69 Å². The number of amides is 1. The summed E-state index contributed by atoms with van der Waals surface area (Å²) in [7, 11) is 0. The number of para-hydroxylation sites is 2. The molecule has 0 saturated heterocycles. The molecule has 1 aliphatic heterocycles. The zero-order valence-corrected chi connectivity index (χ0v) is 17.8. The molecule has 6 heteroatoms. The largest absolute Gasteiger partial charge is 0.375 e. The van der Waals surface area contributed by atoms with E-state index in [0.717, 1.165) is 16.5 Å². The molecule has 0 fully saturated rings. The number of aromatic amines is 1. The van der Waals surface area contributed by atoms with Crippen molar-refractivity contribution in [2.75, 3.05) is 11.4 Å². The quantitative estimate of drug-likeness (QED) is 0.446. The van der Waals surface area contributed by atoms with Gasteiger partial charge < -0.3 is 15.0 Å². The highest BCUT2D eigenvalue weighted by Gasteiger charge is 2.50. The Labute approximate surface area is 190 Å². The Morgan fingerprint density at radius 3 is 2.55 bits per heavy atom. The standard InChI is InChI=1S/C27H21N3O3/c28-16-18-9-11-19(12-10-18)25(31)15-27(33)22-6-2-4-8-24(22)30(26(27)32)14-13-20-17-29-23-7-3-1-5-21(20)23/h1-12,17,29,33H,13-15H2/t27-/m1/s1. The number of nitrogens with zero attached hydrogens (tertiary/aromatic N) is 2. The van der Waals surface area contributed by atoms with E-state index in [4.69, 9.17) is 5.26 Å². The Bertz CT molecular complexity index is 1410. The first-order valence-electron chi connectivity index (χ1n) is 10.7. The lowest BCUT2D eigenvalue weighted by molar-refractivity contribution is -0.135. The van der Waals surface area contributed by atoms with Gasteiger partial charge in [0.25, 0.3) is 5.91 Å². The maximum atomic E-state index is 13.4. The number of fused-ring (bicyclic) bond motifs is 2. The Morgan fingerprint density at radius 1 is 1.03 bits per heavy atom. The second-order valence-corrected chi connectivity index (χ2v) is 8.23. The molecular formula is C27H21N3O3. The van der Waals surface area contributed by atoms with Gasteiger partial charge in [-0.05, 0) is 36.2 Å². The van der Waals surface area contributed by atoms with E-state index >= 15 is 0 Å². The third-order valence-corrected chi connectivity index (χ3v) is 6.27. The molecular weight excluding hydrogens is 414 g/mol. The van der Waals surface area contributed by atoms with E-state index in [1.165, 1.54) is 0 Å². The number of aliphatic hydroxyl groups is 1. The van der Waals surface area contributed by atoms with Gasteiger partial charge in [0.05, 0.1) is 23.7 Å². The molecule has 2 N–H and O–H groups in total. The fourth-order valence-corrected chi connectivity index (χ4v) is 4.54. The van der Waals surface area contributed by atoms with Gasteiger partial charge in [0.15, 0.2) is 11.4 Å². The van der Waals surface area contributed by atoms with Gasteiger partial charge in [0, 0.05) is 34.8 Å². The first kappa shape index (κ1) is 20.7. The SMILES string of the molecule is N#Cc1ccc(C(=O)C[C@]2(O)C(=O)N(CCc3c[nH]c4ccccc34)c3ccccc32)cc1. The van der Waals surface area contributed by atoms with Crippen molar-refractivity contribution in [3.8, 4) is 6.07 Å². The van der Waals surface area contributed by atoms with Crippen molar-refractivity contribution in [2.45, 2.75) is 18.4 Å². The highest BCUT2D eigenvalue weighted by molar-refractivity contribution is 6.10. The van der Waals surface area contributed by atoms with Crippen molar-refractivity contribution in [3.63, 3.8) is 0 Å². The molecule has 6 nitrogen and oxygen atoms in total. The lowest BCUT2D eigenvalue weighted by atomic mass is 9.88. The first-order valence-corrected chi connectivity index (χ1v) is 10.7. The number of aromatic nitrogens is 1. The van der Waals surface area contributed by atoms with E-state index in [9.17, 15) is 14.7 Å². The van der Waals surface area contributed by atoms with E-state index in [2.05, 4.69) is 4.98 Å². The van der Waals surface area contributed by atoms with Crippen molar-refractivity contribution in [2.24, 2.45) is 0 Å². The van der Waals surface area contributed by atoms with Crippen molar-refractivity contribution < 1.29 is 14.7 Å². The summed E-state index contributed by atoms with van der Waals surface area (Å²) in [6.45, 7) is 0.380. The van der Waals surface area contributed by atoms with Crippen LogP contribution in [-0.2, 0) is 16.8 Å². The van der Waals surface area contributed by atoms with Crippen LogP contribution in [0.25, 0.3) is 10.9 Å². The molecule has 0 radical (unpaired) electrons. The summed E-state index contributed by atoms with van der Waals surface area (Å²) in [5.41, 5.74) is 2.04. The first-order chi connectivity index (χ1) is 16.0. The fourth-order valence-electron chi connectivity index (χ4n) is 4.54. The van der Waals surface area contributed by atoms with Gasteiger partial charge in [0.2, 0.25) is 0 Å². The van der Waals surface area contributed by atoms with Crippen molar-refractivity contribution in [1.82, 2.24) is 4.98 Å². The lowest BCUT2D eigenvalue weighted by Gasteiger charge is -2.23. The van der Waals surface area contributed by atoms with Crippen molar-refractivity contribution in [1.29, 1.82) is 5.26 Å². The molecule has 33 heavy (non-hydrogen) atoms. The zero-order chi connectivity index (χ0) is 23.0. The van der Waals surface area contributed by atoms with Crippen LogP contribution < -0.4 is 4.90 Å². The maximum Gasteiger partial charge on any atom is 0.264 e. The number of hydrogen-bond donors (Lipinski definition) is 2. The van der Waals surface area contributed by atoms with Crippen LogP contribution in [0.3, 0.4) is 0 Å². The second kappa shape index (κ2) is 8.05. The van der Waals surface area contributed by atoms with Gasteiger partial charge in [0.1, 0.15) is 0 Å². The molecule has 5 rings (SSSR count). The molecule has 0 saturated carbocycles.